The van der Waals surface area contributed by atoms with Crippen LogP contribution in [0.1, 0.15) is 12.5 Å². The summed E-state index contributed by atoms with van der Waals surface area (Å²) in [7, 11) is 6.43. The number of hydrogen-bond acceptors (Lipinski definition) is 5. The minimum atomic E-state index is -0.675. The second-order valence-corrected chi connectivity index (χ2v) is 6.75. The Bertz CT molecular complexity index is 872. The van der Waals surface area contributed by atoms with Crippen molar-refractivity contribution in [3.05, 3.63) is 48.0 Å². The van der Waals surface area contributed by atoms with E-state index in [9.17, 15) is 9.59 Å². The summed E-state index contributed by atoms with van der Waals surface area (Å²) in [6.07, 6.45) is 0.644. The summed E-state index contributed by atoms with van der Waals surface area (Å²) in [5, 5.41) is 5.36. The molecule has 0 aromatic heterocycles. The molecule has 2 N–H and O–H groups in total. The summed E-state index contributed by atoms with van der Waals surface area (Å²) in [5.74, 6) is 1.75. The molecule has 0 heterocycles. The van der Waals surface area contributed by atoms with Gasteiger partial charge in [0.2, 0.25) is 5.91 Å². The molecule has 30 heavy (non-hydrogen) atoms. The molecule has 0 saturated carbocycles. The van der Waals surface area contributed by atoms with Crippen LogP contribution in [0.15, 0.2) is 42.5 Å². The van der Waals surface area contributed by atoms with E-state index >= 15 is 0 Å². The Kier molecular flexibility index (Phi) is 8.34. The average Bonchev–Trinajstić information content (AvgIpc) is 2.76. The standard InChI is InChI=1S/C22H29N3O5/c1-15(23-22(27)24-17-7-6-8-18(14-17)28-3)21(26)25(2)12-11-16-9-10-19(29-4)20(13-16)30-5/h6-10,13-15H,11-12H2,1-5H3,(H2,23,24,27). The van der Waals surface area contributed by atoms with Gasteiger partial charge < -0.3 is 29.7 Å². The second kappa shape index (κ2) is 10.9. The molecule has 1 atom stereocenters. The first-order valence-corrected chi connectivity index (χ1v) is 9.55. The van der Waals surface area contributed by atoms with Crippen molar-refractivity contribution in [1.29, 1.82) is 0 Å². The molecule has 0 aliphatic heterocycles. The van der Waals surface area contributed by atoms with Crippen LogP contribution in [-0.4, -0.2) is 57.8 Å². The van der Waals surface area contributed by atoms with Crippen molar-refractivity contribution in [2.24, 2.45) is 0 Å². The van der Waals surface area contributed by atoms with Crippen molar-refractivity contribution in [2.45, 2.75) is 19.4 Å². The van der Waals surface area contributed by atoms with Gasteiger partial charge in [-0.1, -0.05) is 12.1 Å². The maximum atomic E-state index is 12.6. The lowest BCUT2D eigenvalue weighted by Crippen LogP contribution is -2.47. The van der Waals surface area contributed by atoms with E-state index < -0.39 is 12.1 Å². The summed E-state index contributed by atoms with van der Waals surface area (Å²) in [6, 6.07) is 11.5. The maximum absolute atomic E-state index is 12.6. The van der Waals surface area contributed by atoms with Gasteiger partial charge >= 0.3 is 6.03 Å². The molecule has 2 aromatic carbocycles. The molecule has 0 spiro atoms. The first-order valence-electron chi connectivity index (χ1n) is 9.55. The third kappa shape index (κ3) is 6.30. The van der Waals surface area contributed by atoms with E-state index in [0.29, 0.717) is 35.9 Å². The lowest BCUT2D eigenvalue weighted by atomic mass is 10.1. The Balaban J connectivity index is 1.86. The first kappa shape index (κ1) is 22.9. The molecule has 0 bridgehead atoms. The molecule has 162 valence electrons. The number of urea groups is 1. The van der Waals surface area contributed by atoms with Gasteiger partial charge in [-0.3, -0.25) is 4.79 Å². The number of methoxy groups -OCH3 is 3. The van der Waals surface area contributed by atoms with E-state index in [-0.39, 0.29) is 5.91 Å². The van der Waals surface area contributed by atoms with Gasteiger partial charge in [-0.05, 0) is 43.2 Å². The quantitative estimate of drug-likeness (QED) is 0.657. The van der Waals surface area contributed by atoms with Crippen LogP contribution >= 0.6 is 0 Å². The van der Waals surface area contributed by atoms with Gasteiger partial charge in [0, 0.05) is 25.3 Å². The van der Waals surface area contributed by atoms with Gasteiger partial charge in [-0.15, -0.1) is 0 Å². The fraction of sp³-hybridized carbons (Fsp3) is 0.364. The summed E-state index contributed by atoms with van der Waals surface area (Å²) in [6.45, 7) is 2.15. The van der Waals surface area contributed by atoms with E-state index in [4.69, 9.17) is 14.2 Å². The summed E-state index contributed by atoms with van der Waals surface area (Å²) >= 11 is 0. The van der Waals surface area contributed by atoms with Gasteiger partial charge in [0.05, 0.1) is 21.3 Å². The number of hydrogen-bond donors (Lipinski definition) is 2. The highest BCUT2D eigenvalue weighted by Crippen LogP contribution is 2.27. The van der Waals surface area contributed by atoms with Crippen LogP contribution in [0.4, 0.5) is 10.5 Å². The molecule has 0 radical (unpaired) electrons. The maximum Gasteiger partial charge on any atom is 0.319 e. The zero-order valence-electron chi connectivity index (χ0n) is 18.0. The normalized spacial score (nSPS) is 11.2. The molecule has 2 rings (SSSR count). The molecule has 8 heteroatoms. The van der Waals surface area contributed by atoms with Crippen molar-refractivity contribution < 1.29 is 23.8 Å². The van der Waals surface area contributed by atoms with Crippen LogP contribution in [0.25, 0.3) is 0 Å². The molecule has 0 fully saturated rings. The number of amides is 3. The van der Waals surface area contributed by atoms with Gasteiger partial charge in [0.25, 0.3) is 0 Å². The number of carbonyl (C=O) groups excluding carboxylic acids is 2. The highest BCUT2D eigenvalue weighted by atomic mass is 16.5. The Morgan fingerprint density at radius 3 is 2.40 bits per heavy atom. The van der Waals surface area contributed by atoms with Crippen molar-refractivity contribution in [3.8, 4) is 17.2 Å². The highest BCUT2D eigenvalue weighted by molar-refractivity contribution is 5.93. The predicted octanol–water partition coefficient (Wildman–Crippen LogP) is 2.92. The Morgan fingerprint density at radius 1 is 1.00 bits per heavy atom. The van der Waals surface area contributed by atoms with Crippen LogP contribution in [0.5, 0.6) is 17.2 Å². The minimum absolute atomic E-state index is 0.184. The van der Waals surface area contributed by atoms with E-state index in [0.717, 1.165) is 5.56 Å². The number of carbonyl (C=O) groups is 2. The van der Waals surface area contributed by atoms with Crippen molar-refractivity contribution in [3.63, 3.8) is 0 Å². The fourth-order valence-corrected chi connectivity index (χ4v) is 2.90. The number of likely N-dealkylation sites (N-methyl/N-ethyl adjacent to an activating group) is 1. The molecular weight excluding hydrogens is 386 g/mol. The van der Waals surface area contributed by atoms with Crippen LogP contribution in [0.2, 0.25) is 0 Å². The molecule has 0 aliphatic carbocycles. The minimum Gasteiger partial charge on any atom is -0.497 e. The number of anilines is 1. The number of rotatable bonds is 9. The second-order valence-electron chi connectivity index (χ2n) is 6.75. The zero-order valence-corrected chi connectivity index (χ0v) is 18.0. The molecule has 0 saturated heterocycles. The molecule has 0 aliphatic rings. The van der Waals surface area contributed by atoms with Gasteiger partial charge in [-0.2, -0.15) is 0 Å². The Morgan fingerprint density at radius 2 is 1.73 bits per heavy atom. The Hall–Kier alpha value is -3.42. The van der Waals surface area contributed by atoms with Crippen molar-refractivity contribution in [1.82, 2.24) is 10.2 Å². The topological polar surface area (TPSA) is 89.1 Å². The first-order chi connectivity index (χ1) is 14.4. The van der Waals surface area contributed by atoms with E-state index in [1.165, 1.54) is 0 Å². The monoisotopic (exact) mass is 415 g/mol. The summed E-state index contributed by atoms with van der Waals surface area (Å²) in [5.41, 5.74) is 1.59. The summed E-state index contributed by atoms with van der Waals surface area (Å²) < 4.78 is 15.7. The number of nitrogens with zero attached hydrogens (tertiary/aromatic N) is 1. The Labute approximate surface area is 177 Å². The third-order valence-corrected chi connectivity index (χ3v) is 4.61. The van der Waals surface area contributed by atoms with E-state index in [2.05, 4.69) is 10.6 Å². The van der Waals surface area contributed by atoms with E-state index in [1.54, 1.807) is 64.5 Å². The largest absolute Gasteiger partial charge is 0.497 e. The smallest absolute Gasteiger partial charge is 0.319 e. The van der Waals surface area contributed by atoms with E-state index in [1.807, 2.05) is 18.2 Å². The van der Waals surface area contributed by atoms with Crippen molar-refractivity contribution in [2.75, 3.05) is 40.2 Å². The summed E-state index contributed by atoms with van der Waals surface area (Å²) in [4.78, 5) is 26.4. The van der Waals surface area contributed by atoms with Crippen molar-refractivity contribution >= 4 is 17.6 Å². The number of benzene rings is 2. The molecular formula is C22H29N3O5. The zero-order chi connectivity index (χ0) is 22.1. The fourth-order valence-electron chi connectivity index (χ4n) is 2.90. The van der Waals surface area contributed by atoms with Crippen LogP contribution in [0, 0.1) is 0 Å². The lowest BCUT2D eigenvalue weighted by Gasteiger charge is -2.22. The lowest BCUT2D eigenvalue weighted by molar-refractivity contribution is -0.131. The average molecular weight is 415 g/mol. The van der Waals surface area contributed by atoms with Gasteiger partial charge in [-0.25, -0.2) is 4.79 Å². The van der Waals surface area contributed by atoms with Crippen LogP contribution < -0.4 is 24.8 Å². The van der Waals surface area contributed by atoms with Crippen LogP contribution in [0.3, 0.4) is 0 Å². The number of nitrogens with one attached hydrogen (secondary N) is 2. The van der Waals surface area contributed by atoms with Gasteiger partial charge in [0.1, 0.15) is 11.8 Å². The predicted molar refractivity (Wildman–Crippen MR) is 115 cm³/mol. The highest BCUT2D eigenvalue weighted by Gasteiger charge is 2.19. The molecule has 3 amide bonds. The third-order valence-electron chi connectivity index (χ3n) is 4.61. The number of ether oxygens (including phenoxy) is 3. The molecule has 2 aromatic rings. The van der Waals surface area contributed by atoms with Gasteiger partial charge in [0.15, 0.2) is 11.5 Å². The molecule has 1 unspecified atom stereocenters. The SMILES string of the molecule is COc1cccc(NC(=O)NC(C)C(=O)N(C)CCc2ccc(OC)c(OC)c2)c1. The van der Waals surface area contributed by atoms with Crippen LogP contribution in [-0.2, 0) is 11.2 Å². The molecule has 8 nitrogen and oxygen atoms in total.